The van der Waals surface area contributed by atoms with Gasteiger partial charge >= 0.3 is 0 Å². The normalized spacial score (nSPS) is 11.5. The highest BCUT2D eigenvalue weighted by Crippen LogP contribution is 2.06. The quantitative estimate of drug-likeness (QED) is 0.696. The van der Waals surface area contributed by atoms with Gasteiger partial charge in [0.05, 0.1) is 25.4 Å². The summed E-state index contributed by atoms with van der Waals surface area (Å²) in [6.45, 7) is 11.4. The van der Waals surface area contributed by atoms with Crippen LogP contribution in [0.5, 0.6) is 0 Å². The van der Waals surface area contributed by atoms with Crippen LogP contribution in [0.15, 0.2) is 24.3 Å². The Bertz CT molecular complexity index is 333. The fraction of sp³-hybridized carbons (Fsp3) is 0.625. The summed E-state index contributed by atoms with van der Waals surface area (Å²) in [5.41, 5.74) is 2.51. The van der Waals surface area contributed by atoms with Crippen molar-refractivity contribution in [3.8, 4) is 0 Å². The molecule has 0 spiro atoms. The molecule has 0 aromatic heterocycles. The maximum atomic E-state index is 5.57. The minimum Gasteiger partial charge on any atom is -0.377 e. The van der Waals surface area contributed by atoms with Gasteiger partial charge in [-0.3, -0.25) is 0 Å². The van der Waals surface area contributed by atoms with E-state index in [0.717, 1.165) is 19.7 Å². The van der Waals surface area contributed by atoms with Gasteiger partial charge in [0.25, 0.3) is 0 Å². The van der Waals surface area contributed by atoms with E-state index in [-0.39, 0.29) is 6.10 Å². The van der Waals surface area contributed by atoms with Crippen LogP contribution < -0.4 is 5.32 Å². The molecule has 0 saturated heterocycles. The first-order valence-electron chi connectivity index (χ1n) is 7.09. The van der Waals surface area contributed by atoms with E-state index in [1.165, 1.54) is 11.1 Å². The van der Waals surface area contributed by atoms with E-state index in [4.69, 9.17) is 9.47 Å². The number of ether oxygens (including phenoxy) is 2. The molecule has 0 aliphatic rings. The van der Waals surface area contributed by atoms with Gasteiger partial charge < -0.3 is 14.8 Å². The molecule has 1 rings (SSSR count). The molecule has 0 saturated carbocycles. The van der Waals surface area contributed by atoms with E-state index in [9.17, 15) is 0 Å². The van der Waals surface area contributed by atoms with Crippen molar-refractivity contribution in [3.63, 3.8) is 0 Å². The second kappa shape index (κ2) is 9.08. The molecule has 3 nitrogen and oxygen atoms in total. The highest BCUT2D eigenvalue weighted by molar-refractivity contribution is 5.21. The van der Waals surface area contributed by atoms with Crippen LogP contribution in [0.25, 0.3) is 0 Å². The lowest BCUT2D eigenvalue weighted by atomic mass is 10.1. The van der Waals surface area contributed by atoms with Crippen molar-refractivity contribution in [1.29, 1.82) is 0 Å². The van der Waals surface area contributed by atoms with Crippen molar-refractivity contribution in [1.82, 2.24) is 5.32 Å². The molecule has 0 aliphatic carbocycles. The Morgan fingerprint density at radius 3 is 2.05 bits per heavy atom. The highest BCUT2D eigenvalue weighted by atomic mass is 16.5. The fourth-order valence-electron chi connectivity index (χ4n) is 1.62. The van der Waals surface area contributed by atoms with Crippen molar-refractivity contribution in [2.24, 2.45) is 0 Å². The van der Waals surface area contributed by atoms with E-state index in [0.29, 0.717) is 12.7 Å². The average Bonchev–Trinajstić information content (AvgIpc) is 2.37. The third-order valence-corrected chi connectivity index (χ3v) is 2.67. The van der Waals surface area contributed by atoms with E-state index >= 15 is 0 Å². The van der Waals surface area contributed by atoms with Crippen molar-refractivity contribution in [2.75, 3.05) is 13.2 Å². The Hall–Kier alpha value is -0.900. The molecule has 0 aliphatic heterocycles. The molecule has 108 valence electrons. The Kier molecular flexibility index (Phi) is 7.72. The van der Waals surface area contributed by atoms with E-state index in [1.54, 1.807) is 0 Å². The molecule has 19 heavy (non-hydrogen) atoms. The van der Waals surface area contributed by atoms with Crippen LogP contribution in [0.4, 0.5) is 0 Å². The number of nitrogens with one attached hydrogen (secondary N) is 1. The fourth-order valence-corrected chi connectivity index (χ4v) is 1.62. The van der Waals surface area contributed by atoms with Crippen LogP contribution >= 0.6 is 0 Å². The molecule has 0 fully saturated rings. The summed E-state index contributed by atoms with van der Waals surface area (Å²) < 4.78 is 11.0. The predicted molar refractivity (Wildman–Crippen MR) is 79.2 cm³/mol. The van der Waals surface area contributed by atoms with Gasteiger partial charge in [-0.2, -0.15) is 0 Å². The maximum Gasteiger partial charge on any atom is 0.0720 e. The molecule has 3 heteroatoms. The lowest BCUT2D eigenvalue weighted by molar-refractivity contribution is 0.0657. The Labute approximate surface area is 117 Å². The van der Waals surface area contributed by atoms with Gasteiger partial charge in [0.1, 0.15) is 0 Å². The van der Waals surface area contributed by atoms with E-state index in [1.807, 2.05) is 0 Å². The second-order valence-corrected chi connectivity index (χ2v) is 5.27. The van der Waals surface area contributed by atoms with Crippen LogP contribution in [0.3, 0.4) is 0 Å². The molecular formula is C16H27NO2. The second-order valence-electron chi connectivity index (χ2n) is 5.27. The average molecular weight is 265 g/mol. The Morgan fingerprint density at radius 1 is 0.895 bits per heavy atom. The van der Waals surface area contributed by atoms with Gasteiger partial charge in [-0.1, -0.05) is 24.3 Å². The van der Waals surface area contributed by atoms with Gasteiger partial charge in [-0.15, -0.1) is 0 Å². The minimum atomic E-state index is 0.280. The predicted octanol–water partition coefficient (Wildman–Crippen LogP) is 3.13. The zero-order chi connectivity index (χ0) is 14.1. The molecule has 1 N–H and O–H groups in total. The smallest absolute Gasteiger partial charge is 0.0720 e. The van der Waals surface area contributed by atoms with Gasteiger partial charge in [-0.25, -0.2) is 0 Å². The summed E-state index contributed by atoms with van der Waals surface area (Å²) in [5.74, 6) is 0. The molecule has 1 aromatic rings. The van der Waals surface area contributed by atoms with Crippen molar-refractivity contribution in [3.05, 3.63) is 35.4 Å². The first-order chi connectivity index (χ1) is 9.08. The number of benzene rings is 1. The lowest BCUT2D eigenvalue weighted by Gasteiger charge is -2.10. The topological polar surface area (TPSA) is 30.5 Å². The SMILES string of the molecule is CC(C)OCCNCc1ccc(COC(C)C)cc1. The number of hydrogen-bond acceptors (Lipinski definition) is 3. The Balaban J connectivity index is 2.20. The third-order valence-electron chi connectivity index (χ3n) is 2.67. The van der Waals surface area contributed by atoms with Crippen LogP contribution in [0.2, 0.25) is 0 Å². The minimum absolute atomic E-state index is 0.280. The van der Waals surface area contributed by atoms with Crippen LogP contribution in [-0.4, -0.2) is 25.4 Å². The molecule has 0 amide bonds. The van der Waals surface area contributed by atoms with Crippen LogP contribution in [0.1, 0.15) is 38.8 Å². The third kappa shape index (κ3) is 7.98. The van der Waals surface area contributed by atoms with Crippen molar-refractivity contribution < 1.29 is 9.47 Å². The van der Waals surface area contributed by atoms with Crippen molar-refractivity contribution in [2.45, 2.75) is 53.1 Å². The molecule has 0 unspecified atom stereocenters. The summed E-state index contributed by atoms with van der Waals surface area (Å²) in [6.07, 6.45) is 0.587. The lowest BCUT2D eigenvalue weighted by Crippen LogP contribution is -2.20. The van der Waals surface area contributed by atoms with Gasteiger partial charge in [0.15, 0.2) is 0 Å². The largest absolute Gasteiger partial charge is 0.377 e. The van der Waals surface area contributed by atoms with Crippen LogP contribution in [0, 0.1) is 0 Å². The van der Waals surface area contributed by atoms with Gasteiger partial charge in [-0.05, 0) is 38.8 Å². The Morgan fingerprint density at radius 2 is 1.47 bits per heavy atom. The monoisotopic (exact) mass is 265 g/mol. The summed E-state index contributed by atoms with van der Waals surface area (Å²) in [7, 11) is 0. The first-order valence-corrected chi connectivity index (χ1v) is 7.09. The molecular weight excluding hydrogens is 238 g/mol. The molecule has 0 bridgehead atoms. The van der Waals surface area contributed by atoms with Crippen molar-refractivity contribution >= 4 is 0 Å². The molecule has 0 radical (unpaired) electrons. The van der Waals surface area contributed by atoms with Gasteiger partial charge in [0, 0.05) is 13.1 Å². The zero-order valence-electron chi connectivity index (χ0n) is 12.6. The van der Waals surface area contributed by atoms with E-state index in [2.05, 4.69) is 57.3 Å². The van der Waals surface area contributed by atoms with E-state index < -0.39 is 0 Å². The van der Waals surface area contributed by atoms with Gasteiger partial charge in [0.2, 0.25) is 0 Å². The molecule has 0 heterocycles. The maximum absolute atomic E-state index is 5.57. The number of rotatable bonds is 9. The summed E-state index contributed by atoms with van der Waals surface area (Å²) in [6, 6.07) is 8.55. The summed E-state index contributed by atoms with van der Waals surface area (Å²) in [5, 5.41) is 3.37. The van der Waals surface area contributed by atoms with Crippen LogP contribution in [-0.2, 0) is 22.6 Å². The highest BCUT2D eigenvalue weighted by Gasteiger charge is 1.98. The summed E-state index contributed by atoms with van der Waals surface area (Å²) in [4.78, 5) is 0. The number of hydrogen-bond donors (Lipinski definition) is 1. The molecule has 1 aromatic carbocycles. The molecule has 0 atom stereocenters. The standard InChI is InChI=1S/C16H27NO2/c1-13(2)18-10-9-17-11-15-5-7-16(8-6-15)12-19-14(3)4/h5-8,13-14,17H,9-12H2,1-4H3. The zero-order valence-corrected chi connectivity index (χ0v) is 12.6. The first kappa shape index (κ1) is 16.2. The summed E-state index contributed by atoms with van der Waals surface area (Å²) >= 11 is 0.